The Kier molecular flexibility index (Phi) is 4.67. The van der Waals surface area contributed by atoms with Crippen LogP contribution in [0.15, 0.2) is 24.3 Å². The van der Waals surface area contributed by atoms with Gasteiger partial charge in [0.05, 0.1) is 11.6 Å². The second-order valence-electron chi connectivity index (χ2n) is 6.64. The lowest BCUT2D eigenvalue weighted by Crippen LogP contribution is -2.29. The number of likely N-dealkylation sites (tertiary alicyclic amines) is 1. The van der Waals surface area contributed by atoms with Crippen molar-refractivity contribution in [2.24, 2.45) is 11.3 Å². The number of nitrogens with zero attached hydrogens (tertiary/aromatic N) is 2. The molecule has 0 N–H and O–H groups in total. The summed E-state index contributed by atoms with van der Waals surface area (Å²) >= 11 is 0. The van der Waals surface area contributed by atoms with Gasteiger partial charge in [-0.2, -0.15) is 5.26 Å². The topological polar surface area (TPSA) is 36.3 Å². The smallest absolute Gasteiger partial charge is 0.120 e. The molecule has 1 aromatic carbocycles. The van der Waals surface area contributed by atoms with E-state index in [1.165, 1.54) is 19.5 Å². The van der Waals surface area contributed by atoms with Crippen LogP contribution in [0.5, 0.6) is 5.75 Å². The molecule has 2 rings (SSSR count). The first-order valence-electron chi connectivity index (χ1n) is 7.34. The molecule has 1 fully saturated rings. The average Bonchev–Trinajstić information content (AvgIpc) is 2.88. The molecule has 0 spiro atoms. The minimum absolute atomic E-state index is 0.400. The molecule has 1 aliphatic rings. The zero-order valence-electron chi connectivity index (χ0n) is 12.7. The summed E-state index contributed by atoms with van der Waals surface area (Å²) in [5.74, 6) is 1.57. The van der Waals surface area contributed by atoms with Crippen molar-refractivity contribution in [3.8, 4) is 11.8 Å². The predicted octanol–water partition coefficient (Wildman–Crippen LogP) is 3.31. The van der Waals surface area contributed by atoms with E-state index in [0.717, 1.165) is 18.2 Å². The molecule has 0 radical (unpaired) electrons. The Balaban J connectivity index is 1.76. The minimum Gasteiger partial charge on any atom is -0.492 e. The van der Waals surface area contributed by atoms with Crippen LogP contribution in [0.25, 0.3) is 0 Å². The van der Waals surface area contributed by atoms with E-state index in [1.807, 2.05) is 12.1 Å². The lowest BCUT2D eigenvalue weighted by molar-refractivity contribution is 0.203. The van der Waals surface area contributed by atoms with E-state index in [4.69, 9.17) is 10.00 Å². The highest BCUT2D eigenvalue weighted by atomic mass is 16.5. The third kappa shape index (κ3) is 3.98. The van der Waals surface area contributed by atoms with Crippen molar-refractivity contribution < 1.29 is 4.74 Å². The Morgan fingerprint density at radius 2 is 2.20 bits per heavy atom. The first kappa shape index (κ1) is 14.9. The Bertz CT molecular complexity index is 484. The van der Waals surface area contributed by atoms with Gasteiger partial charge in [-0.3, -0.25) is 4.90 Å². The second kappa shape index (κ2) is 6.28. The number of rotatable bonds is 4. The van der Waals surface area contributed by atoms with Crippen LogP contribution in [-0.4, -0.2) is 31.1 Å². The van der Waals surface area contributed by atoms with Crippen LogP contribution in [0, 0.1) is 22.7 Å². The summed E-state index contributed by atoms with van der Waals surface area (Å²) in [4.78, 5) is 2.48. The number of hydrogen-bond acceptors (Lipinski definition) is 3. The van der Waals surface area contributed by atoms with Crippen molar-refractivity contribution in [1.82, 2.24) is 4.90 Å². The van der Waals surface area contributed by atoms with Crippen LogP contribution in [0.4, 0.5) is 0 Å². The predicted molar refractivity (Wildman–Crippen MR) is 80.7 cm³/mol. The fourth-order valence-corrected chi connectivity index (χ4v) is 2.69. The van der Waals surface area contributed by atoms with E-state index in [-0.39, 0.29) is 0 Å². The summed E-state index contributed by atoms with van der Waals surface area (Å²) in [7, 11) is 0. The molecule has 1 aromatic rings. The Labute approximate surface area is 122 Å². The summed E-state index contributed by atoms with van der Waals surface area (Å²) in [5, 5.41) is 8.85. The van der Waals surface area contributed by atoms with Gasteiger partial charge >= 0.3 is 0 Å². The molecule has 1 heterocycles. The molecular weight excluding hydrogens is 248 g/mol. The Morgan fingerprint density at radius 3 is 2.85 bits per heavy atom. The molecule has 1 unspecified atom stereocenters. The van der Waals surface area contributed by atoms with Crippen molar-refractivity contribution in [1.29, 1.82) is 5.26 Å². The molecule has 3 nitrogen and oxygen atoms in total. The largest absolute Gasteiger partial charge is 0.492 e. The van der Waals surface area contributed by atoms with Gasteiger partial charge in [-0.05, 0) is 42.5 Å². The minimum atomic E-state index is 0.400. The highest BCUT2D eigenvalue weighted by molar-refractivity contribution is 5.36. The van der Waals surface area contributed by atoms with Crippen LogP contribution in [0.1, 0.15) is 32.8 Å². The number of nitriles is 1. The monoisotopic (exact) mass is 272 g/mol. The quantitative estimate of drug-likeness (QED) is 0.843. The summed E-state index contributed by atoms with van der Waals surface area (Å²) < 4.78 is 5.74. The van der Waals surface area contributed by atoms with Crippen LogP contribution in [0.3, 0.4) is 0 Å². The fourth-order valence-electron chi connectivity index (χ4n) is 2.69. The maximum absolute atomic E-state index is 8.85. The van der Waals surface area contributed by atoms with E-state index in [0.29, 0.717) is 17.6 Å². The first-order valence-corrected chi connectivity index (χ1v) is 7.34. The van der Waals surface area contributed by atoms with Gasteiger partial charge in [0.15, 0.2) is 0 Å². The highest BCUT2D eigenvalue weighted by Gasteiger charge is 2.31. The normalized spacial score (nSPS) is 19.8. The molecule has 0 bridgehead atoms. The third-order valence-electron chi connectivity index (χ3n) is 4.14. The van der Waals surface area contributed by atoms with E-state index in [2.05, 4.69) is 31.7 Å². The van der Waals surface area contributed by atoms with E-state index in [9.17, 15) is 0 Å². The molecule has 108 valence electrons. The summed E-state index contributed by atoms with van der Waals surface area (Å²) in [6.07, 6.45) is 1.29. The van der Waals surface area contributed by atoms with E-state index < -0.39 is 0 Å². The number of ether oxygens (including phenoxy) is 1. The molecule has 1 saturated heterocycles. The first-order chi connectivity index (χ1) is 9.49. The van der Waals surface area contributed by atoms with E-state index in [1.54, 1.807) is 12.1 Å². The fraction of sp³-hybridized carbons (Fsp3) is 0.588. The molecule has 0 aliphatic carbocycles. The van der Waals surface area contributed by atoms with Crippen molar-refractivity contribution in [2.45, 2.75) is 27.2 Å². The van der Waals surface area contributed by atoms with Gasteiger partial charge in [0.25, 0.3) is 0 Å². The molecule has 20 heavy (non-hydrogen) atoms. The number of benzene rings is 1. The summed E-state index contributed by atoms with van der Waals surface area (Å²) in [5.41, 5.74) is 1.05. The van der Waals surface area contributed by atoms with Gasteiger partial charge in [0, 0.05) is 13.1 Å². The Hall–Kier alpha value is -1.53. The molecular formula is C17H24N2O. The number of hydrogen-bond donors (Lipinski definition) is 0. The summed E-state index contributed by atoms with van der Waals surface area (Å²) in [6, 6.07) is 9.48. The Morgan fingerprint density at radius 1 is 1.40 bits per heavy atom. The molecule has 1 atom stereocenters. The van der Waals surface area contributed by atoms with Crippen LogP contribution >= 0.6 is 0 Å². The summed E-state index contributed by atoms with van der Waals surface area (Å²) in [6.45, 7) is 11.0. The molecule has 0 aromatic heterocycles. The molecule has 0 saturated carbocycles. The van der Waals surface area contributed by atoms with Gasteiger partial charge in [0.2, 0.25) is 0 Å². The lowest BCUT2D eigenvalue weighted by atomic mass is 9.80. The van der Waals surface area contributed by atoms with Gasteiger partial charge < -0.3 is 4.74 Å². The van der Waals surface area contributed by atoms with Crippen molar-refractivity contribution >= 4 is 0 Å². The lowest BCUT2D eigenvalue weighted by Gasteiger charge is -2.27. The SMILES string of the molecule is CC(C)(C)C1CCN(CCOc2cccc(C#N)c2)C1. The maximum Gasteiger partial charge on any atom is 0.120 e. The third-order valence-corrected chi connectivity index (χ3v) is 4.14. The van der Waals surface area contributed by atoms with E-state index >= 15 is 0 Å². The zero-order valence-corrected chi connectivity index (χ0v) is 12.7. The average molecular weight is 272 g/mol. The molecule has 3 heteroatoms. The highest BCUT2D eigenvalue weighted by Crippen LogP contribution is 2.33. The van der Waals surface area contributed by atoms with Gasteiger partial charge in [-0.25, -0.2) is 0 Å². The molecule has 0 amide bonds. The van der Waals surface area contributed by atoms with Crippen LogP contribution in [-0.2, 0) is 0 Å². The van der Waals surface area contributed by atoms with Gasteiger partial charge in [-0.1, -0.05) is 26.8 Å². The van der Waals surface area contributed by atoms with Crippen molar-refractivity contribution in [3.63, 3.8) is 0 Å². The van der Waals surface area contributed by atoms with Gasteiger partial charge in [-0.15, -0.1) is 0 Å². The van der Waals surface area contributed by atoms with Crippen LogP contribution < -0.4 is 4.74 Å². The van der Waals surface area contributed by atoms with Gasteiger partial charge in [0.1, 0.15) is 12.4 Å². The standard InChI is InChI=1S/C17H24N2O/c1-17(2,3)15-7-8-19(13-15)9-10-20-16-6-4-5-14(11-16)12-18/h4-6,11,15H,7-10,13H2,1-3H3. The van der Waals surface area contributed by atoms with Crippen LogP contribution in [0.2, 0.25) is 0 Å². The zero-order chi connectivity index (χ0) is 14.6. The maximum atomic E-state index is 8.85. The van der Waals surface area contributed by atoms with Crippen molar-refractivity contribution in [3.05, 3.63) is 29.8 Å². The molecule has 1 aliphatic heterocycles. The van der Waals surface area contributed by atoms with Crippen molar-refractivity contribution in [2.75, 3.05) is 26.2 Å². The second-order valence-corrected chi connectivity index (χ2v) is 6.64.